The van der Waals surface area contributed by atoms with E-state index >= 15 is 0 Å². The van der Waals surface area contributed by atoms with E-state index in [0.717, 1.165) is 6.42 Å². The average Bonchev–Trinajstić information content (AvgIpc) is 2.32. The third-order valence-corrected chi connectivity index (χ3v) is 3.33. The van der Waals surface area contributed by atoms with Gasteiger partial charge in [0.2, 0.25) is 5.91 Å². The van der Waals surface area contributed by atoms with Gasteiger partial charge in [0.1, 0.15) is 0 Å². The van der Waals surface area contributed by atoms with Gasteiger partial charge in [0.15, 0.2) is 0 Å². The lowest BCUT2D eigenvalue weighted by atomic mass is 10.1. The fraction of sp³-hybridized carbons (Fsp3) is 0.417. The number of amides is 1. The largest absolute Gasteiger partial charge is 0.323 e. The normalized spacial score (nSPS) is 12.0. The summed E-state index contributed by atoms with van der Waals surface area (Å²) in [6.07, 6.45) is 1.36. The highest BCUT2D eigenvalue weighted by Gasteiger charge is 2.18. The Bertz CT molecular complexity index is 505. The number of anilines is 1. The highest BCUT2D eigenvalue weighted by molar-refractivity contribution is 9.10. The first-order chi connectivity index (χ1) is 8.86. The molecule has 0 saturated carbocycles. The monoisotopic (exact) mass is 329 g/mol. The summed E-state index contributed by atoms with van der Waals surface area (Å²) >= 11 is 3.27. The van der Waals surface area contributed by atoms with Gasteiger partial charge in [-0.3, -0.25) is 14.9 Å². The zero-order chi connectivity index (χ0) is 14.6. The van der Waals surface area contributed by atoms with Gasteiger partial charge in [-0.2, -0.15) is 0 Å². The van der Waals surface area contributed by atoms with Crippen molar-refractivity contribution in [3.05, 3.63) is 32.3 Å². The van der Waals surface area contributed by atoms with Crippen LogP contribution in [-0.4, -0.2) is 16.9 Å². The Kier molecular flexibility index (Phi) is 5.44. The molecule has 1 rings (SSSR count). The lowest BCUT2D eigenvalue weighted by Crippen LogP contribution is -2.35. The second kappa shape index (κ2) is 6.63. The van der Waals surface area contributed by atoms with Crippen LogP contribution < -0.4 is 11.1 Å². The van der Waals surface area contributed by atoms with Gasteiger partial charge in [-0.05, 0) is 35.3 Å². The fourth-order valence-electron chi connectivity index (χ4n) is 1.62. The number of carbonyl (C=O) groups excluding carboxylic acids is 1. The molecule has 0 bridgehead atoms. The molecule has 1 aromatic rings. The minimum atomic E-state index is -0.614. The van der Waals surface area contributed by atoms with E-state index in [0.29, 0.717) is 22.1 Å². The van der Waals surface area contributed by atoms with Crippen molar-refractivity contribution >= 4 is 33.2 Å². The Morgan fingerprint density at radius 2 is 2.21 bits per heavy atom. The van der Waals surface area contributed by atoms with Crippen molar-refractivity contribution in [2.24, 2.45) is 5.73 Å². The molecule has 0 heterocycles. The number of halogens is 1. The lowest BCUT2D eigenvalue weighted by molar-refractivity contribution is -0.385. The number of hydrogen-bond donors (Lipinski definition) is 2. The molecule has 0 spiro atoms. The molecule has 104 valence electrons. The molecule has 1 aromatic carbocycles. The van der Waals surface area contributed by atoms with Crippen molar-refractivity contribution in [2.45, 2.75) is 32.7 Å². The van der Waals surface area contributed by atoms with Crippen molar-refractivity contribution in [3.63, 3.8) is 0 Å². The van der Waals surface area contributed by atoms with E-state index in [-0.39, 0.29) is 11.6 Å². The lowest BCUT2D eigenvalue weighted by Gasteiger charge is -2.13. The first-order valence-corrected chi connectivity index (χ1v) is 6.67. The molecule has 0 unspecified atom stereocenters. The number of nitrogens with two attached hydrogens (primary N) is 1. The zero-order valence-corrected chi connectivity index (χ0v) is 12.4. The van der Waals surface area contributed by atoms with Gasteiger partial charge in [-0.1, -0.05) is 13.3 Å². The second-order valence-electron chi connectivity index (χ2n) is 4.26. The number of aryl methyl sites for hydroxylation is 1. The van der Waals surface area contributed by atoms with Crippen LogP contribution in [0.5, 0.6) is 0 Å². The molecular formula is C12H16BrN3O3. The van der Waals surface area contributed by atoms with E-state index in [1.165, 1.54) is 6.07 Å². The third-order valence-electron chi connectivity index (χ3n) is 2.68. The first-order valence-electron chi connectivity index (χ1n) is 5.87. The summed E-state index contributed by atoms with van der Waals surface area (Å²) in [6.45, 7) is 3.57. The summed E-state index contributed by atoms with van der Waals surface area (Å²) in [5, 5.41) is 13.5. The Balaban J connectivity index is 2.98. The molecule has 1 atom stereocenters. The van der Waals surface area contributed by atoms with Crippen LogP contribution in [0.4, 0.5) is 11.4 Å². The topological polar surface area (TPSA) is 98.3 Å². The van der Waals surface area contributed by atoms with Gasteiger partial charge < -0.3 is 11.1 Å². The average molecular weight is 330 g/mol. The van der Waals surface area contributed by atoms with Gasteiger partial charge in [0, 0.05) is 16.1 Å². The molecule has 0 radical (unpaired) electrons. The quantitative estimate of drug-likeness (QED) is 0.640. The van der Waals surface area contributed by atoms with Crippen molar-refractivity contribution in [2.75, 3.05) is 5.32 Å². The molecule has 0 aliphatic rings. The Morgan fingerprint density at radius 3 is 2.74 bits per heavy atom. The molecule has 0 aliphatic carbocycles. The van der Waals surface area contributed by atoms with Crippen LogP contribution in [0.15, 0.2) is 16.6 Å². The molecule has 0 fully saturated rings. The maximum Gasteiger partial charge on any atom is 0.274 e. The number of nitrogens with one attached hydrogen (secondary N) is 1. The number of benzene rings is 1. The molecular weight excluding hydrogens is 314 g/mol. The summed E-state index contributed by atoms with van der Waals surface area (Å²) in [7, 11) is 0. The molecule has 7 heteroatoms. The molecule has 0 aliphatic heterocycles. The summed E-state index contributed by atoms with van der Waals surface area (Å²) < 4.78 is 0.590. The van der Waals surface area contributed by atoms with Gasteiger partial charge in [-0.15, -0.1) is 0 Å². The predicted molar refractivity (Wildman–Crippen MR) is 77.0 cm³/mol. The minimum absolute atomic E-state index is 0.0393. The highest BCUT2D eigenvalue weighted by atomic mass is 79.9. The molecule has 19 heavy (non-hydrogen) atoms. The predicted octanol–water partition coefficient (Wildman–Crippen LogP) is 2.73. The molecule has 6 nitrogen and oxygen atoms in total. The second-order valence-corrected chi connectivity index (χ2v) is 5.11. The van der Waals surface area contributed by atoms with E-state index in [2.05, 4.69) is 21.2 Å². The molecule has 0 saturated heterocycles. The molecule has 0 aromatic heterocycles. The van der Waals surface area contributed by atoms with Gasteiger partial charge >= 0.3 is 0 Å². The number of hydrogen-bond acceptors (Lipinski definition) is 4. The van der Waals surface area contributed by atoms with Crippen molar-refractivity contribution < 1.29 is 9.72 Å². The molecule has 1 amide bonds. The number of nitro benzene ring substituents is 1. The van der Waals surface area contributed by atoms with Crippen LogP contribution in [-0.2, 0) is 4.79 Å². The Hall–Kier alpha value is -1.47. The van der Waals surface area contributed by atoms with Crippen LogP contribution in [0.25, 0.3) is 0 Å². The standard InChI is InChI=1S/C12H16BrN3O3/c1-3-4-9(14)12(17)15-10-6-11(16(18)19)7(2)5-8(10)13/h5-6,9H,3-4,14H2,1-2H3,(H,15,17)/t9-/m0/s1. The number of rotatable bonds is 5. The van der Waals surface area contributed by atoms with Gasteiger partial charge in [0.25, 0.3) is 5.69 Å². The van der Waals surface area contributed by atoms with Crippen molar-refractivity contribution in [1.29, 1.82) is 0 Å². The van der Waals surface area contributed by atoms with E-state index in [4.69, 9.17) is 5.73 Å². The summed E-state index contributed by atoms with van der Waals surface area (Å²) in [5.41, 5.74) is 6.53. The van der Waals surface area contributed by atoms with Crippen molar-refractivity contribution in [3.8, 4) is 0 Å². The van der Waals surface area contributed by atoms with E-state index < -0.39 is 11.0 Å². The van der Waals surface area contributed by atoms with E-state index in [1.807, 2.05) is 6.92 Å². The Labute approximate surface area is 119 Å². The van der Waals surface area contributed by atoms with E-state index in [9.17, 15) is 14.9 Å². The van der Waals surface area contributed by atoms with Crippen LogP contribution in [0.1, 0.15) is 25.3 Å². The summed E-state index contributed by atoms with van der Waals surface area (Å²) in [6, 6.07) is 2.31. The highest BCUT2D eigenvalue weighted by Crippen LogP contribution is 2.30. The number of nitro groups is 1. The minimum Gasteiger partial charge on any atom is -0.323 e. The number of nitrogens with zero attached hydrogens (tertiary/aromatic N) is 1. The van der Waals surface area contributed by atoms with Crippen LogP contribution in [0.2, 0.25) is 0 Å². The Morgan fingerprint density at radius 1 is 1.58 bits per heavy atom. The van der Waals surface area contributed by atoms with Crippen LogP contribution in [0.3, 0.4) is 0 Å². The van der Waals surface area contributed by atoms with Crippen molar-refractivity contribution in [1.82, 2.24) is 0 Å². The SMILES string of the molecule is CCC[C@H](N)C(=O)Nc1cc([N+](=O)[O-])c(C)cc1Br. The fourth-order valence-corrected chi connectivity index (χ4v) is 2.18. The third kappa shape index (κ3) is 4.00. The van der Waals surface area contributed by atoms with Gasteiger partial charge in [-0.25, -0.2) is 0 Å². The van der Waals surface area contributed by atoms with Gasteiger partial charge in [0.05, 0.1) is 16.7 Å². The maximum absolute atomic E-state index is 11.8. The zero-order valence-electron chi connectivity index (χ0n) is 10.8. The van der Waals surface area contributed by atoms with Crippen LogP contribution in [0, 0.1) is 17.0 Å². The van der Waals surface area contributed by atoms with Crippen LogP contribution >= 0.6 is 15.9 Å². The van der Waals surface area contributed by atoms with E-state index in [1.54, 1.807) is 13.0 Å². The summed E-state index contributed by atoms with van der Waals surface area (Å²) in [4.78, 5) is 22.2. The molecule has 3 N–H and O–H groups in total. The number of carbonyl (C=O) groups is 1. The smallest absolute Gasteiger partial charge is 0.274 e. The first kappa shape index (κ1) is 15.6. The maximum atomic E-state index is 11.8. The summed E-state index contributed by atoms with van der Waals surface area (Å²) in [5.74, 6) is -0.347.